The Morgan fingerprint density at radius 2 is 1.97 bits per heavy atom. The van der Waals surface area contributed by atoms with E-state index in [-0.39, 0.29) is 16.7 Å². The largest absolute Gasteiger partial charge is 0.506 e. The van der Waals surface area contributed by atoms with Crippen LogP contribution in [0, 0.1) is 11.2 Å². The molecule has 6 nitrogen and oxygen atoms in total. The molecule has 3 aromatic rings. The molecule has 0 aromatic heterocycles. The first-order chi connectivity index (χ1) is 16.9. The van der Waals surface area contributed by atoms with E-state index in [4.69, 9.17) is 9.47 Å². The van der Waals surface area contributed by atoms with E-state index in [2.05, 4.69) is 19.2 Å². The predicted octanol–water partition coefficient (Wildman–Crippen LogP) is 5.90. The van der Waals surface area contributed by atoms with Gasteiger partial charge in [0.1, 0.15) is 41.4 Å². The SMILES string of the molecule is CC1(C)COC2=C(C1)Nc1c(O)cccc1N(C=O)C2c1ccc(OCc2ccccc2)cc1F. The third kappa shape index (κ3) is 4.41. The summed E-state index contributed by atoms with van der Waals surface area (Å²) in [5.74, 6) is 0.327. The molecule has 2 N–H and O–H groups in total. The Labute approximate surface area is 203 Å². The number of para-hydroxylation sites is 1. The minimum atomic E-state index is -0.850. The van der Waals surface area contributed by atoms with Crippen molar-refractivity contribution < 1.29 is 23.8 Å². The first-order valence-corrected chi connectivity index (χ1v) is 11.5. The fraction of sp³-hybridized carbons (Fsp3) is 0.250. The second-order valence-electron chi connectivity index (χ2n) is 9.64. The lowest BCUT2D eigenvalue weighted by atomic mass is 9.85. The molecule has 0 aliphatic carbocycles. The van der Waals surface area contributed by atoms with E-state index in [0.29, 0.717) is 54.6 Å². The maximum absolute atomic E-state index is 15.6. The number of carbonyl (C=O) groups is 1. The summed E-state index contributed by atoms with van der Waals surface area (Å²) >= 11 is 0. The van der Waals surface area contributed by atoms with Gasteiger partial charge < -0.3 is 19.9 Å². The molecular weight excluding hydrogens is 447 g/mol. The highest BCUT2D eigenvalue weighted by Gasteiger charge is 2.40. The summed E-state index contributed by atoms with van der Waals surface area (Å²) in [6.07, 6.45) is 1.25. The van der Waals surface area contributed by atoms with Crippen molar-refractivity contribution in [3.05, 3.63) is 95.1 Å². The molecule has 35 heavy (non-hydrogen) atoms. The zero-order valence-electron chi connectivity index (χ0n) is 19.6. The van der Waals surface area contributed by atoms with E-state index in [1.54, 1.807) is 30.3 Å². The Bertz CT molecular complexity index is 1290. The summed E-state index contributed by atoms with van der Waals surface area (Å²) in [5, 5.41) is 13.8. The molecular formula is C28H27FN2O4. The fourth-order valence-corrected chi connectivity index (χ4v) is 4.58. The van der Waals surface area contributed by atoms with Crippen molar-refractivity contribution in [1.29, 1.82) is 0 Å². The first-order valence-electron chi connectivity index (χ1n) is 11.5. The van der Waals surface area contributed by atoms with Gasteiger partial charge in [-0.15, -0.1) is 0 Å². The Morgan fingerprint density at radius 3 is 2.71 bits per heavy atom. The molecule has 2 aliphatic rings. The maximum Gasteiger partial charge on any atom is 0.215 e. The fourth-order valence-electron chi connectivity index (χ4n) is 4.58. The van der Waals surface area contributed by atoms with Gasteiger partial charge in [0.05, 0.1) is 18.0 Å². The van der Waals surface area contributed by atoms with Crippen molar-refractivity contribution in [2.24, 2.45) is 5.41 Å². The Kier molecular flexibility index (Phi) is 5.84. The summed E-state index contributed by atoms with van der Waals surface area (Å²) in [6, 6.07) is 18.3. The lowest BCUT2D eigenvalue weighted by Crippen LogP contribution is -2.34. The molecule has 1 amide bonds. The van der Waals surface area contributed by atoms with Gasteiger partial charge in [0.15, 0.2) is 0 Å². The van der Waals surface area contributed by atoms with Crippen LogP contribution in [0.1, 0.15) is 37.4 Å². The van der Waals surface area contributed by atoms with Gasteiger partial charge in [-0.2, -0.15) is 0 Å². The molecule has 2 heterocycles. The number of amides is 1. The van der Waals surface area contributed by atoms with Crippen LogP contribution in [0.5, 0.6) is 11.5 Å². The lowest BCUT2D eigenvalue weighted by molar-refractivity contribution is -0.108. The third-order valence-corrected chi connectivity index (χ3v) is 6.30. The van der Waals surface area contributed by atoms with Gasteiger partial charge in [-0.05, 0) is 36.2 Å². The van der Waals surface area contributed by atoms with E-state index in [9.17, 15) is 9.90 Å². The number of hydrogen-bond acceptors (Lipinski definition) is 5. The molecule has 180 valence electrons. The smallest absolute Gasteiger partial charge is 0.215 e. The molecule has 5 rings (SSSR count). The summed E-state index contributed by atoms with van der Waals surface area (Å²) in [4.78, 5) is 13.8. The van der Waals surface area contributed by atoms with Crippen molar-refractivity contribution in [2.45, 2.75) is 32.9 Å². The zero-order valence-corrected chi connectivity index (χ0v) is 19.6. The Morgan fingerprint density at radius 1 is 1.17 bits per heavy atom. The number of benzene rings is 3. The van der Waals surface area contributed by atoms with Gasteiger partial charge in [0.25, 0.3) is 0 Å². The highest BCUT2D eigenvalue weighted by Crippen LogP contribution is 2.49. The van der Waals surface area contributed by atoms with E-state index in [1.165, 1.54) is 11.0 Å². The highest BCUT2D eigenvalue weighted by molar-refractivity contribution is 5.90. The highest BCUT2D eigenvalue weighted by atomic mass is 19.1. The number of hydrogen-bond donors (Lipinski definition) is 2. The van der Waals surface area contributed by atoms with E-state index in [1.807, 2.05) is 30.3 Å². The van der Waals surface area contributed by atoms with Gasteiger partial charge in [-0.1, -0.05) is 50.2 Å². The Balaban J connectivity index is 1.56. The Hall–Kier alpha value is -4.00. The van der Waals surface area contributed by atoms with Crippen LogP contribution in [0.15, 0.2) is 78.2 Å². The van der Waals surface area contributed by atoms with Crippen LogP contribution in [-0.4, -0.2) is 18.1 Å². The molecule has 1 unspecified atom stereocenters. The van der Waals surface area contributed by atoms with Crippen molar-refractivity contribution >= 4 is 17.8 Å². The number of nitrogens with one attached hydrogen (secondary N) is 1. The number of allylic oxidation sites excluding steroid dienone is 1. The van der Waals surface area contributed by atoms with Crippen molar-refractivity contribution in [2.75, 3.05) is 16.8 Å². The molecule has 0 spiro atoms. The number of phenolic OH excluding ortho intramolecular Hbond substituents is 1. The molecule has 7 heteroatoms. The number of fused-ring (bicyclic) bond motifs is 1. The summed E-state index contributed by atoms with van der Waals surface area (Å²) in [7, 11) is 0. The quantitative estimate of drug-likeness (QED) is 0.356. The van der Waals surface area contributed by atoms with Crippen LogP contribution >= 0.6 is 0 Å². The number of aromatic hydroxyl groups is 1. The molecule has 1 atom stereocenters. The standard InChI is InChI=1S/C28H27FN2O4/c1-28(2)14-22-27(35-16-28)26(31(17-32)23-9-6-10-24(33)25(23)30-22)20-12-11-19(13-21(20)29)34-15-18-7-4-3-5-8-18/h3-13,17,26,30,33H,14-16H2,1-2H3. The van der Waals surface area contributed by atoms with Crippen LogP contribution in [0.25, 0.3) is 0 Å². The number of halogens is 1. The van der Waals surface area contributed by atoms with Gasteiger partial charge >= 0.3 is 0 Å². The van der Waals surface area contributed by atoms with Gasteiger partial charge in [0, 0.05) is 17.0 Å². The number of carbonyl (C=O) groups excluding carboxylic acids is 1. The van der Waals surface area contributed by atoms with Gasteiger partial charge in [-0.3, -0.25) is 9.69 Å². The average Bonchev–Trinajstić information content (AvgIpc) is 2.97. The lowest BCUT2D eigenvalue weighted by Gasteiger charge is -2.37. The average molecular weight is 475 g/mol. The molecule has 0 radical (unpaired) electrons. The van der Waals surface area contributed by atoms with Crippen LogP contribution in [-0.2, 0) is 16.1 Å². The molecule has 0 saturated heterocycles. The summed E-state index contributed by atoms with van der Waals surface area (Å²) in [5.41, 5.74) is 2.61. The number of anilines is 2. The van der Waals surface area contributed by atoms with Crippen LogP contribution in [0.4, 0.5) is 15.8 Å². The molecule has 0 bridgehead atoms. The van der Waals surface area contributed by atoms with Crippen molar-refractivity contribution in [3.63, 3.8) is 0 Å². The minimum absolute atomic E-state index is 0.00429. The van der Waals surface area contributed by atoms with E-state index in [0.717, 1.165) is 5.56 Å². The number of phenols is 1. The van der Waals surface area contributed by atoms with Crippen molar-refractivity contribution in [3.8, 4) is 11.5 Å². The first kappa shape index (κ1) is 22.8. The second kappa shape index (κ2) is 8.98. The normalized spacial score (nSPS) is 18.5. The van der Waals surface area contributed by atoms with Gasteiger partial charge in [-0.25, -0.2) is 4.39 Å². The van der Waals surface area contributed by atoms with Crippen LogP contribution in [0.2, 0.25) is 0 Å². The predicted molar refractivity (Wildman–Crippen MR) is 132 cm³/mol. The maximum atomic E-state index is 15.6. The minimum Gasteiger partial charge on any atom is -0.506 e. The summed E-state index contributed by atoms with van der Waals surface area (Å²) in [6.45, 7) is 4.87. The van der Waals surface area contributed by atoms with E-state index < -0.39 is 11.9 Å². The van der Waals surface area contributed by atoms with E-state index >= 15 is 4.39 Å². The van der Waals surface area contributed by atoms with Gasteiger partial charge in [0.2, 0.25) is 6.41 Å². The molecule has 0 saturated carbocycles. The third-order valence-electron chi connectivity index (χ3n) is 6.30. The summed E-state index contributed by atoms with van der Waals surface area (Å²) < 4.78 is 27.6. The zero-order chi connectivity index (χ0) is 24.6. The van der Waals surface area contributed by atoms with Crippen LogP contribution in [0.3, 0.4) is 0 Å². The number of nitrogens with zero attached hydrogens (tertiary/aromatic N) is 1. The topological polar surface area (TPSA) is 71.0 Å². The van der Waals surface area contributed by atoms with Crippen molar-refractivity contribution in [1.82, 2.24) is 0 Å². The monoisotopic (exact) mass is 474 g/mol. The second-order valence-corrected chi connectivity index (χ2v) is 9.64. The number of ether oxygens (including phenoxy) is 2. The number of rotatable bonds is 5. The molecule has 0 fully saturated rings. The molecule has 2 aliphatic heterocycles. The van der Waals surface area contributed by atoms with Crippen LogP contribution < -0.4 is 15.0 Å². The molecule has 3 aromatic carbocycles.